The first kappa shape index (κ1) is 15.1. The van der Waals surface area contributed by atoms with E-state index in [1.807, 2.05) is 11.0 Å². The van der Waals surface area contributed by atoms with Gasteiger partial charge in [0, 0.05) is 19.3 Å². The molecule has 0 unspecified atom stereocenters. The molecule has 0 aromatic carbocycles. The minimum Gasteiger partial charge on any atom is -0.487 e. The quantitative estimate of drug-likeness (QED) is 0.815. The summed E-state index contributed by atoms with van der Waals surface area (Å²) in [5.41, 5.74) is -0.343. The summed E-state index contributed by atoms with van der Waals surface area (Å²) >= 11 is 0. The average molecular weight is 289 g/mol. The second-order valence-electron chi connectivity index (χ2n) is 5.00. The zero-order chi connectivity index (χ0) is 15.1. The van der Waals surface area contributed by atoms with E-state index >= 15 is 0 Å². The molecule has 2 heterocycles. The van der Waals surface area contributed by atoms with Crippen molar-refractivity contribution < 1.29 is 9.53 Å². The lowest BCUT2D eigenvalue weighted by Gasteiger charge is -2.26. The molecule has 1 amide bonds. The van der Waals surface area contributed by atoms with E-state index in [4.69, 9.17) is 10.00 Å². The first-order valence-corrected chi connectivity index (χ1v) is 7.19. The van der Waals surface area contributed by atoms with Gasteiger partial charge in [-0.25, -0.2) is 0 Å². The molecule has 0 aliphatic carbocycles. The van der Waals surface area contributed by atoms with Gasteiger partial charge in [-0.1, -0.05) is 0 Å². The molecule has 0 atom stereocenters. The monoisotopic (exact) mass is 289 g/mol. The summed E-state index contributed by atoms with van der Waals surface area (Å²) in [5, 5.41) is 8.63. The van der Waals surface area contributed by atoms with Crippen LogP contribution in [0, 0.1) is 11.3 Å². The van der Waals surface area contributed by atoms with Gasteiger partial charge in [0.1, 0.15) is 6.54 Å². The molecule has 112 valence electrons. The number of nitriles is 1. The number of likely N-dealkylation sites (tertiary alicyclic amines) is 1. The van der Waals surface area contributed by atoms with Crippen LogP contribution in [0.25, 0.3) is 0 Å². The minimum atomic E-state index is -0.343. The molecule has 0 bridgehead atoms. The third kappa shape index (κ3) is 4.09. The maximum atomic E-state index is 12.0. The number of carbonyl (C=O) groups excluding carboxylic acids is 1. The maximum absolute atomic E-state index is 12.0. The van der Waals surface area contributed by atoms with Crippen molar-refractivity contribution >= 4 is 5.91 Å². The molecular weight excluding hydrogens is 270 g/mol. The molecule has 1 aliphatic rings. The van der Waals surface area contributed by atoms with E-state index in [0.29, 0.717) is 0 Å². The number of ether oxygens (including phenoxy) is 1. The van der Waals surface area contributed by atoms with Crippen molar-refractivity contribution in [2.24, 2.45) is 0 Å². The molecule has 0 spiro atoms. The summed E-state index contributed by atoms with van der Waals surface area (Å²) in [6.07, 6.45) is 5.11. The number of aromatic nitrogens is 1. The van der Waals surface area contributed by atoms with Crippen LogP contribution in [-0.2, 0) is 11.3 Å². The SMILES string of the molecule is N#CCn1cccc(OCCC(=O)N2CCCCC2)c1=O. The molecule has 0 saturated carbocycles. The van der Waals surface area contributed by atoms with Gasteiger partial charge < -0.3 is 9.64 Å². The number of rotatable bonds is 5. The van der Waals surface area contributed by atoms with Crippen LogP contribution in [0.4, 0.5) is 0 Å². The molecule has 0 radical (unpaired) electrons. The van der Waals surface area contributed by atoms with Crippen LogP contribution in [0.3, 0.4) is 0 Å². The van der Waals surface area contributed by atoms with E-state index in [0.717, 1.165) is 25.9 Å². The smallest absolute Gasteiger partial charge is 0.293 e. The van der Waals surface area contributed by atoms with Crippen LogP contribution < -0.4 is 10.3 Å². The molecule has 6 heteroatoms. The van der Waals surface area contributed by atoms with Crippen molar-refractivity contribution in [3.63, 3.8) is 0 Å². The normalized spacial score (nSPS) is 14.5. The van der Waals surface area contributed by atoms with E-state index in [1.165, 1.54) is 17.2 Å². The lowest BCUT2D eigenvalue weighted by atomic mass is 10.1. The topological polar surface area (TPSA) is 75.3 Å². The largest absolute Gasteiger partial charge is 0.487 e. The number of amides is 1. The Balaban J connectivity index is 1.86. The minimum absolute atomic E-state index is 0.0112. The number of pyridine rings is 1. The Kier molecular flexibility index (Phi) is 5.38. The van der Waals surface area contributed by atoms with E-state index in [1.54, 1.807) is 12.1 Å². The molecule has 6 nitrogen and oxygen atoms in total. The zero-order valence-electron chi connectivity index (χ0n) is 12.0. The lowest BCUT2D eigenvalue weighted by Crippen LogP contribution is -2.36. The summed E-state index contributed by atoms with van der Waals surface area (Å²) in [7, 11) is 0. The predicted molar refractivity (Wildman–Crippen MR) is 76.9 cm³/mol. The Hall–Kier alpha value is -2.29. The highest BCUT2D eigenvalue weighted by atomic mass is 16.5. The fraction of sp³-hybridized carbons (Fsp3) is 0.533. The van der Waals surface area contributed by atoms with Crippen LogP contribution in [-0.4, -0.2) is 35.1 Å². The summed E-state index contributed by atoms with van der Waals surface area (Å²) in [4.78, 5) is 25.7. The summed E-state index contributed by atoms with van der Waals surface area (Å²) in [6, 6.07) is 5.13. The molecule has 21 heavy (non-hydrogen) atoms. The molecule has 1 saturated heterocycles. The van der Waals surface area contributed by atoms with Crippen molar-refractivity contribution in [2.45, 2.75) is 32.2 Å². The van der Waals surface area contributed by atoms with Gasteiger partial charge >= 0.3 is 0 Å². The first-order chi connectivity index (χ1) is 10.2. The van der Waals surface area contributed by atoms with Crippen molar-refractivity contribution in [1.29, 1.82) is 5.26 Å². The van der Waals surface area contributed by atoms with Gasteiger partial charge in [0.15, 0.2) is 5.75 Å². The molecule has 1 aromatic rings. The number of hydrogen-bond donors (Lipinski definition) is 0. The highest BCUT2D eigenvalue weighted by Gasteiger charge is 2.16. The Labute approximate surface area is 123 Å². The van der Waals surface area contributed by atoms with Gasteiger partial charge in [0.05, 0.1) is 19.1 Å². The Morgan fingerprint density at radius 3 is 2.81 bits per heavy atom. The van der Waals surface area contributed by atoms with Crippen molar-refractivity contribution in [1.82, 2.24) is 9.47 Å². The predicted octanol–water partition coefficient (Wildman–Crippen LogP) is 1.15. The molecule has 1 fully saturated rings. The highest BCUT2D eigenvalue weighted by Crippen LogP contribution is 2.10. The zero-order valence-corrected chi connectivity index (χ0v) is 12.0. The van der Waals surface area contributed by atoms with E-state index in [9.17, 15) is 9.59 Å². The highest BCUT2D eigenvalue weighted by molar-refractivity contribution is 5.76. The Morgan fingerprint density at radius 2 is 2.10 bits per heavy atom. The molecule has 1 aromatic heterocycles. The second kappa shape index (κ2) is 7.48. The van der Waals surface area contributed by atoms with Crippen LogP contribution >= 0.6 is 0 Å². The molecule has 2 rings (SSSR count). The second-order valence-corrected chi connectivity index (χ2v) is 5.00. The van der Waals surface area contributed by atoms with Crippen molar-refractivity contribution in [3.05, 3.63) is 28.7 Å². The summed E-state index contributed by atoms with van der Waals surface area (Å²) in [5.74, 6) is 0.252. The first-order valence-electron chi connectivity index (χ1n) is 7.19. The van der Waals surface area contributed by atoms with Gasteiger partial charge in [0.2, 0.25) is 5.91 Å². The lowest BCUT2D eigenvalue weighted by molar-refractivity contribution is -0.132. The summed E-state index contributed by atoms with van der Waals surface area (Å²) in [6.45, 7) is 1.81. The molecule has 1 aliphatic heterocycles. The Morgan fingerprint density at radius 1 is 1.33 bits per heavy atom. The van der Waals surface area contributed by atoms with Gasteiger partial charge in [0.25, 0.3) is 5.56 Å². The van der Waals surface area contributed by atoms with Crippen LogP contribution in [0.2, 0.25) is 0 Å². The van der Waals surface area contributed by atoms with E-state index < -0.39 is 0 Å². The number of piperidine rings is 1. The van der Waals surface area contributed by atoms with Gasteiger partial charge in [-0.2, -0.15) is 5.26 Å². The van der Waals surface area contributed by atoms with Crippen LogP contribution in [0.15, 0.2) is 23.1 Å². The fourth-order valence-corrected chi connectivity index (χ4v) is 2.38. The van der Waals surface area contributed by atoms with Crippen molar-refractivity contribution in [2.75, 3.05) is 19.7 Å². The number of carbonyl (C=O) groups is 1. The average Bonchev–Trinajstić information content (AvgIpc) is 2.52. The van der Waals surface area contributed by atoms with Crippen LogP contribution in [0.1, 0.15) is 25.7 Å². The Bertz CT molecular complexity index is 583. The standard InChI is InChI=1S/C15H19N3O3/c16-7-11-18-10-4-5-13(15(18)20)21-12-6-14(19)17-8-2-1-3-9-17/h4-5,10H,1-3,6,8-9,11-12H2. The van der Waals surface area contributed by atoms with Gasteiger partial charge in [-0.3, -0.25) is 14.2 Å². The maximum Gasteiger partial charge on any atom is 0.293 e. The number of hydrogen-bond acceptors (Lipinski definition) is 4. The third-order valence-electron chi connectivity index (χ3n) is 3.51. The fourth-order valence-electron chi connectivity index (χ4n) is 2.38. The molecular formula is C15H19N3O3. The molecule has 0 N–H and O–H groups in total. The number of nitrogens with zero attached hydrogens (tertiary/aromatic N) is 3. The summed E-state index contributed by atoms with van der Waals surface area (Å²) < 4.78 is 6.67. The van der Waals surface area contributed by atoms with Gasteiger partial charge in [-0.05, 0) is 31.4 Å². The van der Waals surface area contributed by atoms with Crippen LogP contribution in [0.5, 0.6) is 5.75 Å². The van der Waals surface area contributed by atoms with E-state index in [-0.39, 0.29) is 36.8 Å². The van der Waals surface area contributed by atoms with Crippen molar-refractivity contribution in [3.8, 4) is 11.8 Å². The van der Waals surface area contributed by atoms with Gasteiger partial charge in [-0.15, -0.1) is 0 Å². The van der Waals surface area contributed by atoms with E-state index in [2.05, 4.69) is 0 Å². The third-order valence-corrected chi connectivity index (χ3v) is 3.51.